The second-order valence-electron chi connectivity index (χ2n) is 6.87. The number of carbonyl (C=O) groups excluding carboxylic acids is 1. The van der Waals surface area contributed by atoms with E-state index in [-0.39, 0.29) is 16.4 Å². The normalized spacial score (nSPS) is 13.5. The van der Waals surface area contributed by atoms with Crippen molar-refractivity contribution in [2.24, 2.45) is 0 Å². The molecule has 1 fully saturated rings. The molecule has 0 spiro atoms. The van der Waals surface area contributed by atoms with Gasteiger partial charge in [-0.2, -0.15) is 5.10 Å². The third kappa shape index (κ3) is 3.94. The summed E-state index contributed by atoms with van der Waals surface area (Å²) in [5.41, 5.74) is 1.27. The Morgan fingerprint density at radius 1 is 1.23 bits per heavy atom. The summed E-state index contributed by atoms with van der Waals surface area (Å²) >= 11 is 6.18. The molecule has 11 heteroatoms. The third-order valence-corrected chi connectivity index (χ3v) is 4.99. The Morgan fingerprint density at radius 2 is 1.93 bits per heavy atom. The Kier molecular flexibility index (Phi) is 5.32. The first-order valence-corrected chi connectivity index (χ1v) is 9.70. The molecule has 0 saturated carbocycles. The lowest BCUT2D eigenvalue weighted by atomic mass is 10.3. The summed E-state index contributed by atoms with van der Waals surface area (Å²) < 4.78 is 1.49. The molecule has 1 saturated heterocycles. The van der Waals surface area contributed by atoms with E-state index < -0.39 is 10.8 Å². The van der Waals surface area contributed by atoms with E-state index in [2.05, 4.69) is 20.4 Å². The highest BCUT2D eigenvalue weighted by molar-refractivity contribution is 6.34. The molecule has 3 aromatic rings. The summed E-state index contributed by atoms with van der Waals surface area (Å²) in [7, 11) is 0. The fourth-order valence-corrected chi connectivity index (χ4v) is 3.44. The van der Waals surface area contributed by atoms with Gasteiger partial charge in [0.15, 0.2) is 5.69 Å². The van der Waals surface area contributed by atoms with Gasteiger partial charge in [0.25, 0.3) is 11.6 Å². The molecule has 1 N–H and O–H groups in total. The quantitative estimate of drug-likeness (QED) is 0.489. The molecule has 30 heavy (non-hydrogen) atoms. The highest BCUT2D eigenvalue weighted by atomic mass is 35.5. The van der Waals surface area contributed by atoms with Gasteiger partial charge >= 0.3 is 0 Å². The lowest BCUT2D eigenvalue weighted by Gasteiger charge is -2.16. The number of nitro benzene ring substituents is 1. The van der Waals surface area contributed by atoms with Crippen molar-refractivity contribution < 1.29 is 9.72 Å². The number of rotatable bonds is 5. The van der Waals surface area contributed by atoms with Crippen LogP contribution in [0, 0.1) is 17.0 Å². The van der Waals surface area contributed by atoms with Gasteiger partial charge in [-0.25, -0.2) is 14.6 Å². The summed E-state index contributed by atoms with van der Waals surface area (Å²) in [6, 6.07) is 7.56. The zero-order valence-electron chi connectivity index (χ0n) is 16.1. The number of carbonyl (C=O) groups is 1. The van der Waals surface area contributed by atoms with Crippen LogP contribution in [0.3, 0.4) is 0 Å². The molecule has 0 unspecified atom stereocenters. The number of nitro groups is 1. The summed E-state index contributed by atoms with van der Waals surface area (Å²) in [5.74, 6) is 0.372. The lowest BCUT2D eigenvalue weighted by Crippen LogP contribution is -2.23. The van der Waals surface area contributed by atoms with E-state index in [4.69, 9.17) is 11.6 Å². The van der Waals surface area contributed by atoms with Crippen molar-refractivity contribution in [1.29, 1.82) is 0 Å². The van der Waals surface area contributed by atoms with Crippen LogP contribution in [0.25, 0.3) is 5.69 Å². The molecule has 0 bridgehead atoms. The van der Waals surface area contributed by atoms with Crippen LogP contribution in [0.15, 0.2) is 36.5 Å². The van der Waals surface area contributed by atoms with Crippen molar-refractivity contribution in [3.8, 4) is 5.69 Å². The van der Waals surface area contributed by atoms with Crippen LogP contribution in [0.2, 0.25) is 5.02 Å². The van der Waals surface area contributed by atoms with E-state index >= 15 is 0 Å². The van der Waals surface area contributed by atoms with Gasteiger partial charge in [0.05, 0.1) is 27.5 Å². The van der Waals surface area contributed by atoms with E-state index in [9.17, 15) is 14.9 Å². The van der Waals surface area contributed by atoms with Crippen molar-refractivity contribution in [2.75, 3.05) is 23.3 Å². The zero-order chi connectivity index (χ0) is 21.3. The maximum Gasteiger partial charge on any atom is 0.277 e. The minimum atomic E-state index is -0.495. The number of aryl methyl sites for hydroxylation is 1. The van der Waals surface area contributed by atoms with Gasteiger partial charge < -0.3 is 10.2 Å². The van der Waals surface area contributed by atoms with E-state index in [1.165, 1.54) is 23.0 Å². The summed E-state index contributed by atoms with van der Waals surface area (Å²) in [6.07, 6.45) is 3.54. The Hall–Kier alpha value is -3.53. The topological polar surface area (TPSA) is 119 Å². The van der Waals surface area contributed by atoms with Crippen LogP contribution in [0.5, 0.6) is 0 Å². The molecule has 10 nitrogen and oxygen atoms in total. The Labute approximate surface area is 176 Å². The average Bonchev–Trinajstić information content (AvgIpc) is 3.38. The van der Waals surface area contributed by atoms with Crippen LogP contribution in [0.1, 0.15) is 29.0 Å². The zero-order valence-corrected chi connectivity index (χ0v) is 16.8. The number of halogens is 1. The minimum Gasteiger partial charge on any atom is -0.341 e. The highest BCUT2D eigenvalue weighted by Gasteiger charge is 2.21. The van der Waals surface area contributed by atoms with Crippen molar-refractivity contribution in [2.45, 2.75) is 19.8 Å². The first-order valence-electron chi connectivity index (χ1n) is 9.33. The van der Waals surface area contributed by atoms with E-state index in [1.807, 2.05) is 4.90 Å². The maximum atomic E-state index is 12.9. The number of aromatic nitrogens is 4. The number of non-ortho nitro benzene ring substituents is 1. The molecular formula is C19H18ClN7O3. The van der Waals surface area contributed by atoms with E-state index in [0.717, 1.165) is 25.9 Å². The molecule has 1 aliphatic rings. The molecule has 2 aromatic heterocycles. The molecule has 3 heterocycles. The van der Waals surface area contributed by atoms with E-state index in [1.54, 1.807) is 25.1 Å². The predicted octanol–water partition coefficient (Wildman–Crippen LogP) is 3.38. The second kappa shape index (κ2) is 8.07. The minimum absolute atomic E-state index is 0.0320. The Morgan fingerprint density at radius 3 is 2.60 bits per heavy atom. The van der Waals surface area contributed by atoms with Gasteiger partial charge in [0.1, 0.15) is 5.82 Å². The van der Waals surface area contributed by atoms with E-state index in [0.29, 0.717) is 23.1 Å². The van der Waals surface area contributed by atoms with Crippen LogP contribution in [-0.2, 0) is 0 Å². The lowest BCUT2D eigenvalue weighted by molar-refractivity contribution is -0.384. The molecule has 4 rings (SSSR count). The Bertz CT molecular complexity index is 1110. The molecule has 154 valence electrons. The van der Waals surface area contributed by atoms with Gasteiger partial charge in [-0.1, -0.05) is 11.6 Å². The molecule has 1 aromatic carbocycles. The van der Waals surface area contributed by atoms with Crippen molar-refractivity contribution in [1.82, 2.24) is 19.7 Å². The van der Waals surface area contributed by atoms with Crippen LogP contribution in [-0.4, -0.2) is 43.7 Å². The highest BCUT2D eigenvalue weighted by Crippen LogP contribution is 2.23. The van der Waals surface area contributed by atoms with Gasteiger partial charge in [-0.05, 0) is 31.9 Å². The van der Waals surface area contributed by atoms with Crippen LogP contribution in [0.4, 0.5) is 17.5 Å². The first-order chi connectivity index (χ1) is 14.4. The number of benzene rings is 1. The number of amides is 1. The third-order valence-electron chi connectivity index (χ3n) is 4.71. The fraction of sp³-hybridized carbons (Fsp3) is 0.263. The van der Waals surface area contributed by atoms with Gasteiger partial charge in [-0.15, -0.1) is 0 Å². The monoisotopic (exact) mass is 427 g/mol. The smallest absolute Gasteiger partial charge is 0.277 e. The van der Waals surface area contributed by atoms with Crippen LogP contribution < -0.4 is 10.2 Å². The van der Waals surface area contributed by atoms with Crippen LogP contribution >= 0.6 is 11.6 Å². The Balaban J connectivity index is 1.61. The van der Waals surface area contributed by atoms with Gasteiger partial charge in [0, 0.05) is 31.3 Å². The second-order valence-corrected chi connectivity index (χ2v) is 7.28. The van der Waals surface area contributed by atoms with Crippen molar-refractivity contribution in [3.63, 3.8) is 0 Å². The standard InChI is InChI=1S/C19H18ClN7O3/c1-12-10-16(26(24-12)13-4-6-14(7-5-13)27(29)30)22-18(28)17-15(20)11-21-19(23-17)25-8-2-3-9-25/h4-7,10-11H,2-3,8-9H2,1H3,(H,22,28). The van der Waals surface area contributed by atoms with Crippen molar-refractivity contribution in [3.05, 3.63) is 63.1 Å². The number of hydrogen-bond donors (Lipinski definition) is 1. The summed E-state index contributed by atoms with van der Waals surface area (Å²) in [4.78, 5) is 33.9. The fourth-order valence-electron chi connectivity index (χ4n) is 3.26. The largest absolute Gasteiger partial charge is 0.341 e. The number of hydrogen-bond acceptors (Lipinski definition) is 7. The predicted molar refractivity (Wildman–Crippen MR) is 111 cm³/mol. The number of nitrogens with zero attached hydrogens (tertiary/aromatic N) is 6. The number of anilines is 2. The maximum absolute atomic E-state index is 12.9. The molecule has 0 atom stereocenters. The van der Waals surface area contributed by atoms with Crippen molar-refractivity contribution >= 4 is 35.0 Å². The SMILES string of the molecule is Cc1cc(NC(=O)c2nc(N3CCCC3)ncc2Cl)n(-c2ccc([N+](=O)[O-])cc2)n1. The van der Waals surface area contributed by atoms with Gasteiger partial charge in [0.2, 0.25) is 5.95 Å². The molecule has 0 aliphatic carbocycles. The number of nitrogens with one attached hydrogen (secondary N) is 1. The first kappa shape index (κ1) is 19.8. The summed E-state index contributed by atoms with van der Waals surface area (Å²) in [5, 5.41) is 18.2. The molecular weight excluding hydrogens is 410 g/mol. The van der Waals surface area contributed by atoms with Gasteiger partial charge in [-0.3, -0.25) is 14.9 Å². The average molecular weight is 428 g/mol. The molecule has 1 aliphatic heterocycles. The summed E-state index contributed by atoms with van der Waals surface area (Å²) in [6.45, 7) is 3.46. The molecule has 1 amide bonds. The molecule has 0 radical (unpaired) electrons.